The van der Waals surface area contributed by atoms with E-state index in [2.05, 4.69) is 10.6 Å². The minimum Gasteiger partial charge on any atom is -0.341 e. The van der Waals surface area contributed by atoms with Crippen LogP contribution in [0.25, 0.3) is 0 Å². The summed E-state index contributed by atoms with van der Waals surface area (Å²) in [7, 11) is 0. The van der Waals surface area contributed by atoms with Crippen molar-refractivity contribution in [3.63, 3.8) is 0 Å². The zero-order chi connectivity index (χ0) is 5.98. The van der Waals surface area contributed by atoms with E-state index in [1.54, 1.807) is 0 Å². The van der Waals surface area contributed by atoms with Crippen molar-refractivity contribution >= 4 is 5.91 Å². The highest BCUT2D eigenvalue weighted by Gasteiger charge is 2.15. The molecule has 1 amide bonds. The first-order valence-electron chi connectivity index (χ1n) is 2.79. The topological polar surface area (TPSA) is 41.1 Å². The molecule has 1 atom stereocenters. The number of hydrogen-bond acceptors (Lipinski definition) is 2. The summed E-state index contributed by atoms with van der Waals surface area (Å²) in [6, 6.07) is 0. The van der Waals surface area contributed by atoms with Gasteiger partial charge in [-0.2, -0.15) is 0 Å². The Morgan fingerprint density at radius 1 is 1.88 bits per heavy atom. The first-order valence-corrected chi connectivity index (χ1v) is 2.79. The predicted molar refractivity (Wildman–Crippen MR) is 30.2 cm³/mol. The Bertz CT molecular complexity index is 98.6. The number of nitrogens with one attached hydrogen (secondary N) is 2. The zero-order valence-corrected chi connectivity index (χ0v) is 4.90. The fraction of sp³-hybridized carbons (Fsp3) is 0.800. The third kappa shape index (κ3) is 1.20. The largest absolute Gasteiger partial charge is 0.341 e. The van der Waals surface area contributed by atoms with Crippen LogP contribution in [0.1, 0.15) is 13.3 Å². The average Bonchev–Trinajstić information content (AvgIpc) is 1.55. The van der Waals surface area contributed by atoms with Crippen molar-refractivity contribution < 1.29 is 4.79 Å². The number of carbonyl (C=O) groups is 1. The van der Waals surface area contributed by atoms with Gasteiger partial charge in [0, 0.05) is 13.5 Å². The van der Waals surface area contributed by atoms with Crippen LogP contribution in [0.5, 0.6) is 0 Å². The van der Waals surface area contributed by atoms with Crippen LogP contribution >= 0.6 is 0 Å². The third-order valence-electron chi connectivity index (χ3n) is 1.20. The van der Waals surface area contributed by atoms with E-state index in [9.17, 15) is 4.79 Å². The summed E-state index contributed by atoms with van der Waals surface area (Å²) in [6.07, 6.45) is 1.33. The van der Waals surface area contributed by atoms with Gasteiger partial charge in [0.2, 0.25) is 5.91 Å². The van der Waals surface area contributed by atoms with Gasteiger partial charge in [0.15, 0.2) is 0 Å². The highest BCUT2D eigenvalue weighted by Crippen LogP contribution is 1.95. The van der Waals surface area contributed by atoms with Crippen molar-refractivity contribution in [1.82, 2.24) is 10.6 Å². The first kappa shape index (κ1) is 5.56. The number of rotatable bonds is 1. The minimum atomic E-state index is 0.0437. The lowest BCUT2D eigenvalue weighted by molar-refractivity contribution is -0.120. The van der Waals surface area contributed by atoms with Gasteiger partial charge >= 0.3 is 0 Å². The molecule has 2 N–H and O–H groups in total. The van der Waals surface area contributed by atoms with Gasteiger partial charge in [0.05, 0.1) is 6.17 Å². The van der Waals surface area contributed by atoms with E-state index in [0.29, 0.717) is 0 Å². The predicted octanol–water partition coefficient (Wildman–Crippen LogP) is -0.558. The van der Waals surface area contributed by atoms with E-state index in [1.807, 2.05) is 0 Å². The summed E-state index contributed by atoms with van der Waals surface area (Å²) in [5, 5.41) is 5.77. The van der Waals surface area contributed by atoms with E-state index in [-0.39, 0.29) is 12.1 Å². The van der Waals surface area contributed by atoms with Crippen LogP contribution < -0.4 is 10.6 Å². The van der Waals surface area contributed by atoms with Gasteiger partial charge in [-0.3, -0.25) is 10.1 Å². The standard InChI is InChI=1S/C5H10N2O/c1-4(8)7-5-2-3-6-5/h5-6H,2-3H2,1H3,(H,7,8). The number of carbonyl (C=O) groups excluding carboxylic acids is 1. The summed E-state index contributed by atoms with van der Waals surface area (Å²) in [4.78, 5) is 10.3. The lowest BCUT2D eigenvalue weighted by Gasteiger charge is -2.27. The second-order valence-corrected chi connectivity index (χ2v) is 2.00. The molecule has 1 rings (SSSR count). The number of hydrogen-bond donors (Lipinski definition) is 2. The molecule has 1 heterocycles. The van der Waals surface area contributed by atoms with E-state index in [1.165, 1.54) is 6.92 Å². The average molecular weight is 114 g/mol. The second kappa shape index (κ2) is 2.13. The molecule has 0 bridgehead atoms. The molecule has 1 unspecified atom stereocenters. The molecule has 1 aliphatic rings. The van der Waals surface area contributed by atoms with Crippen molar-refractivity contribution in [1.29, 1.82) is 0 Å². The summed E-state index contributed by atoms with van der Waals surface area (Å²) in [6.45, 7) is 2.56. The van der Waals surface area contributed by atoms with Crippen molar-refractivity contribution in [3.8, 4) is 0 Å². The van der Waals surface area contributed by atoms with Gasteiger partial charge in [-0.25, -0.2) is 0 Å². The maximum atomic E-state index is 10.3. The molecule has 0 aromatic rings. The summed E-state index contributed by atoms with van der Waals surface area (Å²) in [5.41, 5.74) is 0. The quantitative estimate of drug-likeness (QED) is 0.480. The van der Waals surface area contributed by atoms with E-state index >= 15 is 0 Å². The molecule has 8 heavy (non-hydrogen) atoms. The molecule has 3 heteroatoms. The molecule has 1 aliphatic heterocycles. The van der Waals surface area contributed by atoms with E-state index < -0.39 is 0 Å². The fourth-order valence-electron chi connectivity index (χ4n) is 0.657. The molecule has 1 saturated heterocycles. The van der Waals surface area contributed by atoms with Crippen LogP contribution in [-0.2, 0) is 4.79 Å². The van der Waals surface area contributed by atoms with Crippen LogP contribution in [0.2, 0.25) is 0 Å². The Hall–Kier alpha value is -0.570. The molecule has 0 spiro atoms. The molecule has 1 fully saturated rings. The Balaban J connectivity index is 2.09. The molecule has 0 aromatic carbocycles. The fourth-order valence-corrected chi connectivity index (χ4v) is 0.657. The van der Waals surface area contributed by atoms with Gasteiger partial charge in [-0.1, -0.05) is 0 Å². The molecule has 0 saturated carbocycles. The Morgan fingerprint density at radius 2 is 2.50 bits per heavy atom. The van der Waals surface area contributed by atoms with E-state index in [4.69, 9.17) is 0 Å². The summed E-state index contributed by atoms with van der Waals surface area (Å²) < 4.78 is 0. The van der Waals surface area contributed by atoms with Gasteiger partial charge in [0.25, 0.3) is 0 Å². The molecule has 0 aliphatic carbocycles. The van der Waals surface area contributed by atoms with Crippen molar-refractivity contribution in [2.45, 2.75) is 19.5 Å². The maximum Gasteiger partial charge on any atom is 0.218 e. The van der Waals surface area contributed by atoms with Crippen LogP contribution in [0.15, 0.2) is 0 Å². The molecule has 3 nitrogen and oxygen atoms in total. The SMILES string of the molecule is CC(=O)NC1CCN1. The molecule has 0 radical (unpaired) electrons. The third-order valence-corrected chi connectivity index (χ3v) is 1.20. The molecule has 0 aromatic heterocycles. The van der Waals surface area contributed by atoms with Gasteiger partial charge < -0.3 is 5.32 Å². The van der Waals surface area contributed by atoms with Gasteiger partial charge in [-0.15, -0.1) is 0 Å². The second-order valence-electron chi connectivity index (χ2n) is 2.00. The van der Waals surface area contributed by atoms with Crippen molar-refractivity contribution in [2.75, 3.05) is 6.54 Å². The van der Waals surface area contributed by atoms with Crippen molar-refractivity contribution in [3.05, 3.63) is 0 Å². The van der Waals surface area contributed by atoms with Gasteiger partial charge in [-0.05, 0) is 6.42 Å². The minimum absolute atomic E-state index is 0.0437. The van der Waals surface area contributed by atoms with Crippen LogP contribution in [-0.4, -0.2) is 18.6 Å². The van der Waals surface area contributed by atoms with Crippen LogP contribution in [0.4, 0.5) is 0 Å². The monoisotopic (exact) mass is 114 g/mol. The van der Waals surface area contributed by atoms with Crippen LogP contribution in [0.3, 0.4) is 0 Å². The summed E-state index contributed by atoms with van der Waals surface area (Å²) >= 11 is 0. The highest BCUT2D eigenvalue weighted by molar-refractivity contribution is 5.73. The Labute approximate surface area is 48.5 Å². The summed E-state index contributed by atoms with van der Waals surface area (Å²) in [5.74, 6) is 0.0437. The Morgan fingerprint density at radius 3 is 2.62 bits per heavy atom. The molecular weight excluding hydrogens is 104 g/mol. The normalized spacial score (nSPS) is 26.4. The highest BCUT2D eigenvalue weighted by atomic mass is 16.1. The first-order chi connectivity index (χ1) is 3.79. The smallest absolute Gasteiger partial charge is 0.218 e. The Kier molecular flexibility index (Phi) is 1.48. The molecule has 46 valence electrons. The maximum absolute atomic E-state index is 10.3. The number of amides is 1. The lowest BCUT2D eigenvalue weighted by Crippen LogP contribution is -2.54. The molecular formula is C5H10N2O. The zero-order valence-electron chi connectivity index (χ0n) is 4.90. The van der Waals surface area contributed by atoms with Gasteiger partial charge in [0.1, 0.15) is 0 Å². The lowest BCUT2D eigenvalue weighted by atomic mass is 10.2. The van der Waals surface area contributed by atoms with Crippen LogP contribution in [0, 0.1) is 0 Å². The van der Waals surface area contributed by atoms with E-state index in [0.717, 1.165) is 13.0 Å². The van der Waals surface area contributed by atoms with Crippen molar-refractivity contribution in [2.24, 2.45) is 0 Å².